The molecule has 0 aromatic heterocycles. The van der Waals surface area contributed by atoms with Gasteiger partial charge in [0.25, 0.3) is 0 Å². The number of methoxy groups -OCH3 is 1. The summed E-state index contributed by atoms with van der Waals surface area (Å²) < 4.78 is 33.1. The van der Waals surface area contributed by atoms with E-state index in [2.05, 4.69) is 4.72 Å². The third-order valence-electron chi connectivity index (χ3n) is 4.88. The van der Waals surface area contributed by atoms with E-state index in [1.807, 2.05) is 13.8 Å². The molecule has 140 valence electrons. The van der Waals surface area contributed by atoms with Crippen molar-refractivity contribution in [1.29, 1.82) is 0 Å². The molecule has 7 heteroatoms. The van der Waals surface area contributed by atoms with Crippen molar-refractivity contribution in [2.45, 2.75) is 57.4 Å². The second-order valence-corrected chi connectivity index (χ2v) is 8.37. The highest BCUT2D eigenvalue weighted by Gasteiger charge is 2.25. The molecule has 1 aromatic carbocycles. The van der Waals surface area contributed by atoms with Crippen molar-refractivity contribution in [1.82, 2.24) is 9.62 Å². The first-order valence-electron chi connectivity index (χ1n) is 8.68. The van der Waals surface area contributed by atoms with Crippen molar-refractivity contribution in [3.05, 3.63) is 23.3 Å². The Morgan fingerprint density at radius 2 is 1.84 bits per heavy atom. The van der Waals surface area contributed by atoms with E-state index < -0.39 is 10.0 Å². The summed E-state index contributed by atoms with van der Waals surface area (Å²) >= 11 is 0. The summed E-state index contributed by atoms with van der Waals surface area (Å²) in [5.41, 5.74) is 1.86. The predicted molar refractivity (Wildman–Crippen MR) is 97.3 cm³/mol. The topological polar surface area (TPSA) is 75.7 Å². The number of ether oxygens (including phenoxy) is 1. The Hall–Kier alpha value is -1.60. The van der Waals surface area contributed by atoms with Gasteiger partial charge in [0.2, 0.25) is 15.9 Å². The fourth-order valence-electron chi connectivity index (χ4n) is 3.32. The zero-order chi connectivity index (χ0) is 18.6. The number of hydrogen-bond donors (Lipinski definition) is 1. The van der Waals surface area contributed by atoms with Gasteiger partial charge in [-0.3, -0.25) is 4.79 Å². The minimum absolute atomic E-state index is 0.00476. The molecule has 0 spiro atoms. The lowest BCUT2D eigenvalue weighted by Gasteiger charge is -2.28. The number of hydrogen-bond acceptors (Lipinski definition) is 4. The third-order valence-corrected chi connectivity index (χ3v) is 6.37. The Bertz CT molecular complexity index is 725. The number of nitrogens with zero attached hydrogens (tertiary/aromatic N) is 1. The van der Waals surface area contributed by atoms with Crippen molar-refractivity contribution in [2.75, 3.05) is 20.2 Å². The lowest BCUT2D eigenvalue weighted by Crippen LogP contribution is -2.42. The molecule has 25 heavy (non-hydrogen) atoms. The van der Waals surface area contributed by atoms with E-state index in [4.69, 9.17) is 4.74 Å². The molecule has 1 aliphatic rings. The van der Waals surface area contributed by atoms with Crippen molar-refractivity contribution < 1.29 is 17.9 Å². The van der Waals surface area contributed by atoms with Gasteiger partial charge in [-0.15, -0.1) is 0 Å². The highest BCUT2D eigenvalue weighted by Crippen LogP contribution is 2.27. The molecule has 0 bridgehead atoms. The first kappa shape index (κ1) is 19.7. The number of rotatable bonds is 7. The van der Waals surface area contributed by atoms with Crippen LogP contribution >= 0.6 is 0 Å². The van der Waals surface area contributed by atoms with Gasteiger partial charge in [-0.25, -0.2) is 13.1 Å². The van der Waals surface area contributed by atoms with Crippen LogP contribution in [0.2, 0.25) is 0 Å². The zero-order valence-corrected chi connectivity index (χ0v) is 16.3. The molecular formula is C18H28N2O4S. The van der Waals surface area contributed by atoms with Gasteiger partial charge in [-0.2, -0.15) is 0 Å². The van der Waals surface area contributed by atoms with Crippen molar-refractivity contribution in [2.24, 2.45) is 0 Å². The maximum absolute atomic E-state index is 12.7. The summed E-state index contributed by atoms with van der Waals surface area (Å²) in [4.78, 5) is 13.8. The Balaban J connectivity index is 2.08. The van der Waals surface area contributed by atoms with Crippen LogP contribution in [0.5, 0.6) is 5.75 Å². The molecule has 0 heterocycles. The van der Waals surface area contributed by atoms with E-state index in [1.54, 1.807) is 24.0 Å². The Morgan fingerprint density at radius 1 is 1.24 bits per heavy atom. The molecule has 1 saturated carbocycles. The molecule has 2 rings (SSSR count). The average molecular weight is 368 g/mol. The lowest BCUT2D eigenvalue weighted by atomic mass is 10.1. The minimum Gasteiger partial charge on any atom is -0.495 e. The van der Waals surface area contributed by atoms with Crippen LogP contribution < -0.4 is 9.46 Å². The van der Waals surface area contributed by atoms with E-state index >= 15 is 0 Å². The third kappa shape index (κ3) is 4.73. The summed E-state index contributed by atoms with van der Waals surface area (Å²) in [6.45, 7) is 5.89. The van der Waals surface area contributed by atoms with Gasteiger partial charge in [0.05, 0.1) is 7.11 Å². The molecular weight excluding hydrogens is 340 g/mol. The molecule has 6 nitrogen and oxygen atoms in total. The second kappa shape index (κ2) is 8.19. The molecule has 0 radical (unpaired) electrons. The highest BCUT2D eigenvalue weighted by molar-refractivity contribution is 7.89. The van der Waals surface area contributed by atoms with Crippen LogP contribution in [-0.4, -0.2) is 45.5 Å². The van der Waals surface area contributed by atoms with E-state index in [0.717, 1.165) is 36.8 Å². The molecule has 1 aromatic rings. The number of carbonyl (C=O) groups is 1. The fourth-order valence-corrected chi connectivity index (χ4v) is 4.58. The summed E-state index contributed by atoms with van der Waals surface area (Å²) in [6, 6.07) is 3.58. The van der Waals surface area contributed by atoms with Crippen LogP contribution in [0, 0.1) is 13.8 Å². The van der Waals surface area contributed by atoms with Crippen LogP contribution in [0.3, 0.4) is 0 Å². The van der Waals surface area contributed by atoms with Crippen LogP contribution in [0.25, 0.3) is 0 Å². The van der Waals surface area contributed by atoms with Crippen molar-refractivity contribution in [3.8, 4) is 5.75 Å². The molecule has 1 fully saturated rings. The highest BCUT2D eigenvalue weighted by atomic mass is 32.2. The number of benzene rings is 1. The summed E-state index contributed by atoms with van der Waals surface area (Å²) in [6.07, 6.45) is 4.24. The van der Waals surface area contributed by atoms with Gasteiger partial charge in [0, 0.05) is 26.1 Å². The number of amides is 1. The number of nitrogens with one attached hydrogen (secondary N) is 1. The second-order valence-electron chi connectivity index (χ2n) is 6.64. The van der Waals surface area contributed by atoms with Crippen LogP contribution in [0.4, 0.5) is 0 Å². The molecule has 1 amide bonds. The quantitative estimate of drug-likeness (QED) is 0.802. The van der Waals surface area contributed by atoms with Gasteiger partial charge in [-0.1, -0.05) is 12.8 Å². The largest absolute Gasteiger partial charge is 0.495 e. The van der Waals surface area contributed by atoms with Gasteiger partial charge in [0.15, 0.2) is 0 Å². The molecule has 0 unspecified atom stereocenters. The smallest absolute Gasteiger partial charge is 0.244 e. The van der Waals surface area contributed by atoms with E-state index in [0.29, 0.717) is 12.3 Å². The normalized spacial score (nSPS) is 15.4. The van der Waals surface area contributed by atoms with Gasteiger partial charge in [0.1, 0.15) is 10.6 Å². The van der Waals surface area contributed by atoms with Gasteiger partial charge >= 0.3 is 0 Å². The number of aryl methyl sites for hydroxylation is 2. The van der Waals surface area contributed by atoms with E-state index in [1.165, 1.54) is 7.11 Å². The Kier molecular flexibility index (Phi) is 6.46. The Labute approximate surface area is 150 Å². The van der Waals surface area contributed by atoms with E-state index in [-0.39, 0.29) is 23.4 Å². The summed E-state index contributed by atoms with van der Waals surface area (Å²) in [5, 5.41) is 0. The molecule has 0 aliphatic heterocycles. The lowest BCUT2D eigenvalue weighted by molar-refractivity contribution is -0.130. The van der Waals surface area contributed by atoms with Crippen LogP contribution in [-0.2, 0) is 14.8 Å². The predicted octanol–water partition coefficient (Wildman–Crippen LogP) is 2.38. The molecule has 1 N–H and O–H groups in total. The van der Waals surface area contributed by atoms with Crippen LogP contribution in [0.1, 0.15) is 43.7 Å². The first-order valence-corrected chi connectivity index (χ1v) is 10.2. The minimum atomic E-state index is -3.70. The Morgan fingerprint density at radius 3 is 2.40 bits per heavy atom. The fraction of sp³-hybridized carbons (Fsp3) is 0.611. The van der Waals surface area contributed by atoms with Crippen LogP contribution in [0.15, 0.2) is 17.0 Å². The number of carbonyl (C=O) groups excluding carboxylic acids is 1. The van der Waals surface area contributed by atoms with E-state index in [9.17, 15) is 13.2 Å². The summed E-state index contributed by atoms with van der Waals surface area (Å²) in [5.74, 6) is 0.324. The SMILES string of the molecule is COc1cc(C)c(C)cc1S(=O)(=O)NCCN(C(C)=O)C1CCCC1. The zero-order valence-electron chi connectivity index (χ0n) is 15.5. The monoisotopic (exact) mass is 368 g/mol. The molecule has 0 saturated heterocycles. The van der Waals surface area contributed by atoms with Gasteiger partial charge in [-0.05, 0) is 49.9 Å². The number of sulfonamides is 1. The average Bonchev–Trinajstić information content (AvgIpc) is 3.07. The summed E-state index contributed by atoms with van der Waals surface area (Å²) in [7, 11) is -2.24. The van der Waals surface area contributed by atoms with Crippen molar-refractivity contribution in [3.63, 3.8) is 0 Å². The van der Waals surface area contributed by atoms with Crippen molar-refractivity contribution >= 4 is 15.9 Å². The van der Waals surface area contributed by atoms with Gasteiger partial charge < -0.3 is 9.64 Å². The molecule has 0 atom stereocenters. The maximum Gasteiger partial charge on any atom is 0.244 e. The standard InChI is InChI=1S/C18H28N2O4S/c1-13-11-17(24-4)18(12-14(13)2)25(22,23)19-9-10-20(15(3)21)16-7-5-6-8-16/h11-12,16,19H,5-10H2,1-4H3. The molecule has 1 aliphatic carbocycles. The first-order chi connectivity index (χ1) is 11.8. The maximum atomic E-state index is 12.7.